The molecule has 0 aromatic heterocycles. The molecule has 0 spiro atoms. The number of benzene rings is 2. The summed E-state index contributed by atoms with van der Waals surface area (Å²) < 4.78 is 35.3. The quantitative estimate of drug-likeness (QED) is 0.472. The van der Waals surface area contributed by atoms with Crippen LogP contribution in [0.2, 0.25) is 0 Å². The van der Waals surface area contributed by atoms with E-state index in [1.54, 1.807) is 0 Å². The van der Waals surface area contributed by atoms with E-state index in [-0.39, 0.29) is 6.16 Å². The third-order valence-corrected chi connectivity index (χ3v) is 7.01. The molecule has 2 rings (SSSR count). The van der Waals surface area contributed by atoms with Crippen molar-refractivity contribution in [2.45, 2.75) is 26.2 Å². The molecule has 0 radical (unpaired) electrons. The van der Waals surface area contributed by atoms with Crippen LogP contribution in [0.4, 0.5) is 0 Å². The molecule has 0 aliphatic carbocycles. The molecule has 0 aliphatic heterocycles. The van der Waals surface area contributed by atoms with Gasteiger partial charge in [-0.25, -0.2) is 0 Å². The predicted octanol–water partition coefficient (Wildman–Crippen LogP) is 6.24. The highest BCUT2D eigenvalue weighted by molar-refractivity contribution is 7.61. The largest absolute Gasteiger partial charge is 0.335 e. The van der Waals surface area contributed by atoms with Crippen molar-refractivity contribution < 1.29 is 18.2 Å². The molecule has 4 nitrogen and oxygen atoms in total. The Morgan fingerprint density at radius 1 is 0.692 bits per heavy atom. The molecule has 0 saturated heterocycles. The zero-order chi connectivity index (χ0) is 19.2. The molecule has 26 heavy (non-hydrogen) atoms. The number of hydrogen-bond acceptors (Lipinski definition) is 4. The van der Waals surface area contributed by atoms with Crippen LogP contribution < -0.4 is 0 Å². The Bertz CT molecular complexity index is 782. The minimum atomic E-state index is -3.08. The van der Waals surface area contributed by atoms with Gasteiger partial charge in [-0.15, -0.1) is 0 Å². The molecular weight excluding hydrogens is 366 g/mol. The van der Waals surface area contributed by atoms with Gasteiger partial charge in [0.1, 0.15) is 0 Å². The van der Waals surface area contributed by atoms with E-state index in [1.165, 1.54) is 0 Å². The zero-order valence-electron chi connectivity index (χ0n) is 16.0. The van der Waals surface area contributed by atoms with Crippen molar-refractivity contribution in [2.24, 2.45) is 0 Å². The fourth-order valence-electron chi connectivity index (χ4n) is 2.79. The fourth-order valence-corrected chi connectivity index (χ4v) is 5.58. The Hall–Kier alpha value is -1.18. The Labute approximate surface area is 156 Å². The van der Waals surface area contributed by atoms with E-state index in [0.717, 1.165) is 22.3 Å². The van der Waals surface area contributed by atoms with Crippen LogP contribution in [0.25, 0.3) is 11.1 Å². The van der Waals surface area contributed by atoms with Crippen molar-refractivity contribution in [2.75, 3.05) is 26.5 Å². The van der Waals surface area contributed by atoms with Crippen molar-refractivity contribution in [1.29, 1.82) is 0 Å². The molecule has 2 aromatic carbocycles. The normalized spacial score (nSPS) is 12.3. The van der Waals surface area contributed by atoms with Crippen LogP contribution in [0.3, 0.4) is 0 Å². The van der Waals surface area contributed by atoms with Gasteiger partial charge < -0.3 is 13.6 Å². The van der Waals surface area contributed by atoms with Gasteiger partial charge in [-0.3, -0.25) is 4.57 Å². The predicted molar refractivity (Wildman–Crippen MR) is 110 cm³/mol. The van der Waals surface area contributed by atoms with Crippen molar-refractivity contribution in [3.63, 3.8) is 0 Å². The highest BCUT2D eigenvalue weighted by Gasteiger charge is 2.23. The molecule has 0 fully saturated rings. The SMILES string of the molecule is CCOP(=O)(Cc1ccc(-c2ccc(CP(C)(C)=O)cc2)cc1)OCC. The summed E-state index contributed by atoms with van der Waals surface area (Å²) in [6.45, 7) is 7.98. The van der Waals surface area contributed by atoms with Crippen LogP contribution in [0, 0.1) is 0 Å². The topological polar surface area (TPSA) is 52.6 Å². The van der Waals surface area contributed by atoms with E-state index >= 15 is 0 Å². The first-order valence-corrected chi connectivity index (χ1v) is 13.4. The molecule has 0 bridgehead atoms. The van der Waals surface area contributed by atoms with Gasteiger partial charge in [0, 0.05) is 6.16 Å². The highest BCUT2D eigenvalue weighted by Crippen LogP contribution is 2.51. The molecule has 6 heteroatoms. The van der Waals surface area contributed by atoms with E-state index in [1.807, 2.05) is 75.7 Å². The van der Waals surface area contributed by atoms with Crippen molar-refractivity contribution in [3.8, 4) is 11.1 Å². The monoisotopic (exact) mass is 394 g/mol. The van der Waals surface area contributed by atoms with E-state index in [2.05, 4.69) is 0 Å². The number of hydrogen-bond donors (Lipinski definition) is 0. The van der Waals surface area contributed by atoms with E-state index in [9.17, 15) is 9.13 Å². The van der Waals surface area contributed by atoms with E-state index in [0.29, 0.717) is 19.4 Å². The summed E-state index contributed by atoms with van der Waals surface area (Å²) in [7, 11) is -5.14. The van der Waals surface area contributed by atoms with Gasteiger partial charge in [0.15, 0.2) is 0 Å². The maximum Gasteiger partial charge on any atom is 0.335 e. The molecule has 0 amide bonds. The summed E-state index contributed by atoms with van der Waals surface area (Å²) in [5, 5.41) is 0. The maximum absolute atomic E-state index is 12.6. The minimum absolute atomic E-state index is 0.274. The Balaban J connectivity index is 2.11. The van der Waals surface area contributed by atoms with Gasteiger partial charge in [0.25, 0.3) is 0 Å². The van der Waals surface area contributed by atoms with Gasteiger partial charge in [-0.05, 0) is 49.4 Å². The van der Waals surface area contributed by atoms with Crippen LogP contribution in [0.15, 0.2) is 48.5 Å². The lowest BCUT2D eigenvalue weighted by Gasteiger charge is -2.17. The first kappa shape index (κ1) is 21.1. The molecule has 0 aliphatic rings. The molecule has 0 atom stereocenters. The first-order chi connectivity index (χ1) is 12.2. The van der Waals surface area contributed by atoms with Gasteiger partial charge in [0.05, 0.1) is 26.5 Å². The third kappa shape index (κ3) is 6.52. The maximum atomic E-state index is 12.6. The first-order valence-electron chi connectivity index (χ1n) is 8.85. The highest BCUT2D eigenvalue weighted by atomic mass is 31.2. The number of rotatable bonds is 9. The molecule has 0 heterocycles. The van der Waals surface area contributed by atoms with Gasteiger partial charge in [-0.1, -0.05) is 48.5 Å². The van der Waals surface area contributed by atoms with Crippen LogP contribution in [-0.2, 0) is 30.5 Å². The van der Waals surface area contributed by atoms with Crippen molar-refractivity contribution >= 4 is 14.7 Å². The van der Waals surface area contributed by atoms with E-state index in [4.69, 9.17) is 9.05 Å². The molecule has 0 saturated carbocycles. The average Bonchev–Trinajstić information content (AvgIpc) is 2.55. The summed E-state index contributed by atoms with van der Waals surface area (Å²) in [6.07, 6.45) is 0.895. The van der Waals surface area contributed by atoms with Crippen LogP contribution in [0.5, 0.6) is 0 Å². The zero-order valence-corrected chi connectivity index (χ0v) is 17.8. The standard InChI is InChI=1S/C20H28O4P2/c1-5-23-26(22,24-6-2)16-18-9-13-20(14-10-18)19-11-7-17(8-12-19)15-25(3,4)21/h7-14H,5-6,15-16H2,1-4H3. The molecule has 142 valence electrons. The molecule has 0 N–H and O–H groups in total. The molecular formula is C20H28O4P2. The summed E-state index contributed by atoms with van der Waals surface area (Å²) in [5.41, 5.74) is 4.20. The van der Waals surface area contributed by atoms with Crippen LogP contribution in [-0.4, -0.2) is 26.5 Å². The van der Waals surface area contributed by atoms with Gasteiger partial charge in [-0.2, -0.15) is 0 Å². The second-order valence-electron chi connectivity index (χ2n) is 6.73. The Kier molecular flexibility index (Phi) is 7.43. The van der Waals surface area contributed by atoms with E-state index < -0.39 is 14.7 Å². The lowest BCUT2D eigenvalue weighted by Crippen LogP contribution is -1.99. The summed E-state index contributed by atoms with van der Waals surface area (Å²) in [5.74, 6) is 0. The van der Waals surface area contributed by atoms with Crippen molar-refractivity contribution in [3.05, 3.63) is 59.7 Å². The second-order valence-corrected chi connectivity index (χ2v) is 12.2. The smallest absolute Gasteiger partial charge is 0.324 e. The Morgan fingerprint density at radius 2 is 1.08 bits per heavy atom. The minimum Gasteiger partial charge on any atom is -0.324 e. The van der Waals surface area contributed by atoms with Crippen molar-refractivity contribution in [1.82, 2.24) is 0 Å². The van der Waals surface area contributed by atoms with Gasteiger partial charge in [0.2, 0.25) is 0 Å². The fraction of sp³-hybridized carbons (Fsp3) is 0.400. The molecule has 0 unspecified atom stereocenters. The second kappa shape index (κ2) is 9.15. The summed E-state index contributed by atoms with van der Waals surface area (Å²) in [4.78, 5) is 0. The van der Waals surface area contributed by atoms with Gasteiger partial charge >= 0.3 is 7.60 Å². The lowest BCUT2D eigenvalue weighted by atomic mass is 10.0. The summed E-state index contributed by atoms with van der Waals surface area (Å²) in [6, 6.07) is 16.1. The Morgan fingerprint density at radius 3 is 1.42 bits per heavy atom. The summed E-state index contributed by atoms with van der Waals surface area (Å²) >= 11 is 0. The third-order valence-electron chi connectivity index (χ3n) is 3.83. The van der Waals surface area contributed by atoms with Crippen LogP contribution >= 0.6 is 14.7 Å². The molecule has 2 aromatic rings. The lowest BCUT2D eigenvalue weighted by molar-refractivity contribution is 0.219. The average molecular weight is 394 g/mol. The van der Waals surface area contributed by atoms with Crippen LogP contribution in [0.1, 0.15) is 25.0 Å².